The Morgan fingerprint density at radius 1 is 1.00 bits per heavy atom. The molecule has 0 N–H and O–H groups in total. The predicted molar refractivity (Wildman–Crippen MR) is 81.5 cm³/mol. The highest BCUT2D eigenvalue weighted by atomic mass is 35.5. The van der Waals surface area contributed by atoms with Crippen molar-refractivity contribution in [1.82, 2.24) is 14.8 Å². The molecule has 0 saturated heterocycles. The summed E-state index contributed by atoms with van der Waals surface area (Å²) < 4.78 is 28.9. The summed E-state index contributed by atoms with van der Waals surface area (Å²) in [5, 5.41) is 4.48. The van der Waals surface area contributed by atoms with Crippen molar-refractivity contribution in [2.45, 2.75) is 6.92 Å². The van der Waals surface area contributed by atoms with Gasteiger partial charge in [-0.05, 0) is 42.3 Å². The van der Waals surface area contributed by atoms with E-state index in [1.165, 1.54) is 10.7 Å². The molecule has 0 aliphatic heterocycles. The fourth-order valence-electron chi connectivity index (χ4n) is 2.14. The molecule has 0 radical (unpaired) electrons. The smallest absolute Gasteiger partial charge is 0.206 e. The van der Waals surface area contributed by atoms with Gasteiger partial charge in [0, 0.05) is 0 Å². The Kier molecular flexibility index (Phi) is 3.85. The zero-order chi connectivity index (χ0) is 15.9. The van der Waals surface area contributed by atoms with Crippen LogP contribution in [0.3, 0.4) is 0 Å². The maximum Gasteiger partial charge on any atom is 0.226 e. The normalized spacial score (nSPS) is 11.0. The van der Waals surface area contributed by atoms with Crippen molar-refractivity contribution in [3.8, 4) is 17.1 Å². The highest BCUT2D eigenvalue weighted by molar-refractivity contribution is 6.33. The third kappa shape index (κ3) is 2.46. The lowest BCUT2D eigenvalue weighted by Gasteiger charge is -2.08. The topological polar surface area (TPSA) is 30.7 Å². The first-order valence-corrected chi connectivity index (χ1v) is 7.07. The maximum atomic E-state index is 13.8. The molecule has 3 nitrogen and oxygen atoms in total. The standard InChI is InChI=1S/C15H9Cl2F2N3/c1-8-4-2-5-9(16)13(8)22-15(17)20-14(21-22)12-10(18)6-3-7-11(12)19/h2-7H,1H3. The van der Waals surface area contributed by atoms with Gasteiger partial charge in [-0.3, -0.25) is 0 Å². The monoisotopic (exact) mass is 339 g/mol. The van der Waals surface area contributed by atoms with Gasteiger partial charge in [0.15, 0.2) is 5.82 Å². The lowest BCUT2D eigenvalue weighted by Crippen LogP contribution is -2.01. The van der Waals surface area contributed by atoms with E-state index >= 15 is 0 Å². The van der Waals surface area contributed by atoms with Crippen molar-refractivity contribution >= 4 is 23.2 Å². The van der Waals surface area contributed by atoms with Crippen molar-refractivity contribution in [2.75, 3.05) is 0 Å². The van der Waals surface area contributed by atoms with Crippen LogP contribution < -0.4 is 0 Å². The minimum Gasteiger partial charge on any atom is -0.206 e. The van der Waals surface area contributed by atoms with Gasteiger partial charge in [-0.1, -0.05) is 29.8 Å². The molecule has 0 bridgehead atoms. The fourth-order valence-corrected chi connectivity index (χ4v) is 2.65. The molecular weight excluding hydrogens is 331 g/mol. The van der Waals surface area contributed by atoms with E-state index in [0.29, 0.717) is 10.7 Å². The van der Waals surface area contributed by atoms with Crippen molar-refractivity contribution in [3.63, 3.8) is 0 Å². The van der Waals surface area contributed by atoms with Crippen LogP contribution in [0.15, 0.2) is 36.4 Å². The van der Waals surface area contributed by atoms with Gasteiger partial charge in [0.05, 0.1) is 16.3 Å². The van der Waals surface area contributed by atoms with Gasteiger partial charge in [0.25, 0.3) is 0 Å². The van der Waals surface area contributed by atoms with Gasteiger partial charge in [-0.2, -0.15) is 4.98 Å². The molecule has 3 rings (SSSR count). The van der Waals surface area contributed by atoms with E-state index in [4.69, 9.17) is 23.2 Å². The van der Waals surface area contributed by atoms with E-state index in [-0.39, 0.29) is 16.7 Å². The molecule has 0 aliphatic rings. The molecule has 3 aromatic rings. The molecule has 7 heteroatoms. The Morgan fingerprint density at radius 2 is 1.64 bits per heavy atom. The third-order valence-corrected chi connectivity index (χ3v) is 3.70. The van der Waals surface area contributed by atoms with Gasteiger partial charge >= 0.3 is 0 Å². The predicted octanol–water partition coefficient (Wildman–Crippen LogP) is 4.83. The van der Waals surface area contributed by atoms with Crippen LogP contribution in [0.1, 0.15) is 5.56 Å². The Labute approximate surface area is 135 Å². The number of halogens is 4. The molecule has 112 valence electrons. The van der Waals surface area contributed by atoms with E-state index in [9.17, 15) is 8.78 Å². The second kappa shape index (κ2) is 5.66. The summed E-state index contributed by atoms with van der Waals surface area (Å²) in [7, 11) is 0. The first kappa shape index (κ1) is 14.9. The van der Waals surface area contributed by atoms with Crippen molar-refractivity contribution in [1.29, 1.82) is 0 Å². The quantitative estimate of drug-likeness (QED) is 0.669. The second-order valence-corrected chi connectivity index (χ2v) is 5.36. The van der Waals surface area contributed by atoms with Crippen LogP contribution in [0.5, 0.6) is 0 Å². The molecule has 22 heavy (non-hydrogen) atoms. The number of hydrogen-bond donors (Lipinski definition) is 0. The maximum absolute atomic E-state index is 13.8. The molecular formula is C15H9Cl2F2N3. The van der Waals surface area contributed by atoms with Crippen LogP contribution in [0.2, 0.25) is 10.3 Å². The molecule has 0 spiro atoms. The largest absolute Gasteiger partial charge is 0.226 e. The molecule has 0 saturated carbocycles. The Hall–Kier alpha value is -1.98. The van der Waals surface area contributed by atoms with Gasteiger partial charge in [0.2, 0.25) is 5.28 Å². The summed E-state index contributed by atoms with van der Waals surface area (Å²) in [5.74, 6) is -1.66. The summed E-state index contributed by atoms with van der Waals surface area (Å²) >= 11 is 12.2. The average Bonchev–Trinajstić information content (AvgIpc) is 2.80. The molecule has 2 aromatic carbocycles. The Morgan fingerprint density at radius 3 is 2.27 bits per heavy atom. The minimum absolute atomic E-state index is 0.0335. The van der Waals surface area contributed by atoms with E-state index in [2.05, 4.69) is 10.1 Å². The number of benzene rings is 2. The van der Waals surface area contributed by atoms with Crippen molar-refractivity contribution < 1.29 is 8.78 Å². The van der Waals surface area contributed by atoms with Crippen LogP contribution >= 0.6 is 23.2 Å². The van der Waals surface area contributed by atoms with Crippen LogP contribution in [0, 0.1) is 18.6 Å². The average molecular weight is 340 g/mol. The first-order chi connectivity index (χ1) is 10.5. The van der Waals surface area contributed by atoms with Crippen molar-refractivity contribution in [3.05, 3.63) is 63.9 Å². The molecule has 0 atom stereocenters. The van der Waals surface area contributed by atoms with Gasteiger partial charge in [0.1, 0.15) is 11.6 Å². The van der Waals surface area contributed by atoms with E-state index in [1.807, 2.05) is 13.0 Å². The number of aromatic nitrogens is 3. The molecule has 0 amide bonds. The Balaban J connectivity index is 2.21. The van der Waals surface area contributed by atoms with Gasteiger partial charge < -0.3 is 0 Å². The van der Waals surface area contributed by atoms with E-state index in [0.717, 1.165) is 17.7 Å². The lowest BCUT2D eigenvalue weighted by atomic mass is 10.2. The van der Waals surface area contributed by atoms with Gasteiger partial charge in [-0.25, -0.2) is 13.5 Å². The summed E-state index contributed by atoms with van der Waals surface area (Å²) in [6, 6.07) is 8.81. The SMILES string of the molecule is Cc1cccc(Cl)c1-n1nc(-c2c(F)cccc2F)nc1Cl. The van der Waals surface area contributed by atoms with Crippen LogP contribution in [-0.2, 0) is 0 Å². The molecule has 0 aliphatic carbocycles. The first-order valence-electron chi connectivity index (χ1n) is 6.31. The zero-order valence-corrected chi connectivity index (χ0v) is 12.8. The van der Waals surface area contributed by atoms with Crippen LogP contribution in [0.25, 0.3) is 17.1 Å². The minimum atomic E-state index is -0.760. The lowest BCUT2D eigenvalue weighted by molar-refractivity contribution is 0.587. The summed E-state index contributed by atoms with van der Waals surface area (Å²) in [6.45, 7) is 1.82. The third-order valence-electron chi connectivity index (χ3n) is 3.15. The summed E-state index contributed by atoms with van der Waals surface area (Å²) in [5.41, 5.74) is 0.998. The zero-order valence-electron chi connectivity index (χ0n) is 11.3. The Bertz CT molecular complexity index is 821. The molecule has 1 aromatic heterocycles. The fraction of sp³-hybridized carbons (Fsp3) is 0.0667. The molecule has 0 unspecified atom stereocenters. The molecule has 0 fully saturated rings. The second-order valence-electron chi connectivity index (χ2n) is 4.62. The van der Waals surface area contributed by atoms with Crippen molar-refractivity contribution in [2.24, 2.45) is 0 Å². The number of nitrogens with zero attached hydrogens (tertiary/aromatic N) is 3. The number of aryl methyl sites for hydroxylation is 1. The molecule has 1 heterocycles. The van der Waals surface area contributed by atoms with Crippen LogP contribution in [-0.4, -0.2) is 14.8 Å². The van der Waals surface area contributed by atoms with Crippen LogP contribution in [0.4, 0.5) is 8.78 Å². The highest BCUT2D eigenvalue weighted by Crippen LogP contribution is 2.29. The summed E-state index contributed by atoms with van der Waals surface area (Å²) in [4.78, 5) is 3.94. The highest BCUT2D eigenvalue weighted by Gasteiger charge is 2.20. The van der Waals surface area contributed by atoms with E-state index in [1.54, 1.807) is 12.1 Å². The number of rotatable bonds is 2. The van der Waals surface area contributed by atoms with Gasteiger partial charge in [-0.15, -0.1) is 5.10 Å². The van der Waals surface area contributed by atoms with E-state index < -0.39 is 11.6 Å². The number of para-hydroxylation sites is 1. The number of hydrogen-bond acceptors (Lipinski definition) is 2. The summed E-state index contributed by atoms with van der Waals surface area (Å²) in [6.07, 6.45) is 0.